The first-order chi connectivity index (χ1) is 8.35. The summed E-state index contributed by atoms with van der Waals surface area (Å²) in [5, 5.41) is 5.95. The summed E-state index contributed by atoms with van der Waals surface area (Å²) < 4.78 is 5.30. The molecule has 0 saturated heterocycles. The minimum atomic E-state index is -0.461. The van der Waals surface area contributed by atoms with Gasteiger partial charge in [-0.2, -0.15) is 0 Å². The van der Waals surface area contributed by atoms with Gasteiger partial charge in [-0.05, 0) is 46.5 Å². The SMILES string of the molecule is Cc1csc([C@@H](NC(=O)OC(C)(C)C)C2CC2)n1. The number of nitrogens with one attached hydrogen (secondary N) is 1. The van der Waals surface area contributed by atoms with Crippen LogP contribution in [0.15, 0.2) is 5.38 Å². The lowest BCUT2D eigenvalue weighted by Gasteiger charge is -2.22. The van der Waals surface area contributed by atoms with E-state index in [-0.39, 0.29) is 12.1 Å². The number of thiazole rings is 1. The van der Waals surface area contributed by atoms with Crippen molar-refractivity contribution < 1.29 is 9.53 Å². The maximum atomic E-state index is 11.8. The molecule has 1 aliphatic carbocycles. The van der Waals surface area contributed by atoms with E-state index in [0.29, 0.717) is 5.92 Å². The van der Waals surface area contributed by atoms with Crippen molar-refractivity contribution in [2.75, 3.05) is 0 Å². The Morgan fingerprint density at radius 1 is 1.56 bits per heavy atom. The summed E-state index contributed by atoms with van der Waals surface area (Å²) in [6.07, 6.45) is 1.95. The van der Waals surface area contributed by atoms with Gasteiger partial charge in [-0.15, -0.1) is 11.3 Å². The quantitative estimate of drug-likeness (QED) is 0.913. The van der Waals surface area contributed by atoms with Crippen LogP contribution in [0.25, 0.3) is 0 Å². The largest absolute Gasteiger partial charge is 0.444 e. The molecule has 1 aromatic rings. The van der Waals surface area contributed by atoms with E-state index in [1.54, 1.807) is 11.3 Å². The Kier molecular flexibility index (Phi) is 3.61. The smallest absolute Gasteiger partial charge is 0.408 e. The first-order valence-electron chi connectivity index (χ1n) is 6.27. The van der Waals surface area contributed by atoms with Crippen molar-refractivity contribution in [3.8, 4) is 0 Å². The zero-order valence-corrected chi connectivity index (χ0v) is 12.1. The van der Waals surface area contributed by atoms with E-state index < -0.39 is 5.60 Å². The molecule has 0 radical (unpaired) electrons. The number of nitrogens with zero attached hydrogens (tertiary/aromatic N) is 1. The van der Waals surface area contributed by atoms with Crippen LogP contribution in [0.1, 0.15) is 50.4 Å². The fourth-order valence-corrected chi connectivity index (χ4v) is 2.70. The second-order valence-corrected chi connectivity index (χ2v) is 6.68. The third-order valence-electron chi connectivity index (χ3n) is 2.67. The van der Waals surface area contributed by atoms with Crippen molar-refractivity contribution in [2.45, 2.75) is 52.2 Å². The van der Waals surface area contributed by atoms with Gasteiger partial charge in [0.1, 0.15) is 10.6 Å². The number of rotatable bonds is 3. The molecule has 5 heteroatoms. The highest BCUT2D eigenvalue weighted by atomic mass is 32.1. The number of alkyl carbamates (subject to hydrolysis) is 1. The molecule has 4 nitrogen and oxygen atoms in total. The van der Waals surface area contributed by atoms with Crippen LogP contribution in [0.4, 0.5) is 4.79 Å². The number of ether oxygens (including phenoxy) is 1. The number of carbonyl (C=O) groups excluding carboxylic acids is 1. The van der Waals surface area contributed by atoms with Crippen LogP contribution in [-0.2, 0) is 4.74 Å². The van der Waals surface area contributed by atoms with Crippen LogP contribution in [0.5, 0.6) is 0 Å². The minimum Gasteiger partial charge on any atom is -0.444 e. The van der Waals surface area contributed by atoms with E-state index >= 15 is 0 Å². The fourth-order valence-electron chi connectivity index (χ4n) is 1.76. The number of aromatic nitrogens is 1. The standard InChI is InChI=1S/C13H20N2O2S/c1-8-7-18-11(14-8)10(9-5-6-9)15-12(16)17-13(2,3)4/h7,9-10H,5-6H2,1-4H3,(H,15,16)/t10-/m0/s1. The number of amides is 1. The molecule has 0 aromatic carbocycles. The van der Waals surface area contributed by atoms with Crippen LogP contribution in [-0.4, -0.2) is 16.7 Å². The summed E-state index contributed by atoms with van der Waals surface area (Å²) in [5.74, 6) is 0.517. The van der Waals surface area contributed by atoms with Gasteiger partial charge in [0, 0.05) is 11.1 Å². The summed E-state index contributed by atoms with van der Waals surface area (Å²) in [7, 11) is 0. The molecule has 1 fully saturated rings. The van der Waals surface area contributed by atoms with Crippen LogP contribution in [0, 0.1) is 12.8 Å². The van der Waals surface area contributed by atoms with Gasteiger partial charge in [0.15, 0.2) is 0 Å². The Labute approximate surface area is 112 Å². The van der Waals surface area contributed by atoms with Crippen molar-refractivity contribution in [3.63, 3.8) is 0 Å². The molecule has 1 amide bonds. The van der Waals surface area contributed by atoms with E-state index in [9.17, 15) is 4.79 Å². The molecule has 1 aromatic heterocycles. The molecule has 1 atom stereocenters. The molecule has 1 saturated carbocycles. The molecule has 0 spiro atoms. The van der Waals surface area contributed by atoms with Crippen molar-refractivity contribution in [3.05, 3.63) is 16.1 Å². The molecule has 1 heterocycles. The average Bonchev–Trinajstić information content (AvgIpc) is 2.95. The summed E-state index contributed by atoms with van der Waals surface area (Å²) in [6, 6.07) is 0.0125. The fraction of sp³-hybridized carbons (Fsp3) is 0.692. The molecule has 100 valence electrons. The van der Waals surface area contributed by atoms with Crippen LogP contribution in [0.2, 0.25) is 0 Å². The summed E-state index contributed by atoms with van der Waals surface area (Å²) in [4.78, 5) is 16.3. The van der Waals surface area contributed by atoms with Crippen molar-refractivity contribution >= 4 is 17.4 Å². The van der Waals surface area contributed by atoms with E-state index in [0.717, 1.165) is 23.5 Å². The van der Waals surface area contributed by atoms with Crippen molar-refractivity contribution in [2.24, 2.45) is 5.92 Å². The highest BCUT2D eigenvalue weighted by molar-refractivity contribution is 7.09. The molecule has 0 bridgehead atoms. The van der Waals surface area contributed by atoms with Gasteiger partial charge in [0.25, 0.3) is 0 Å². The molecular formula is C13H20N2O2S. The molecule has 18 heavy (non-hydrogen) atoms. The number of aryl methyl sites for hydroxylation is 1. The van der Waals surface area contributed by atoms with Crippen LogP contribution >= 0.6 is 11.3 Å². The first kappa shape index (κ1) is 13.3. The van der Waals surface area contributed by atoms with Gasteiger partial charge in [0.2, 0.25) is 0 Å². The normalized spacial score (nSPS) is 17.3. The van der Waals surface area contributed by atoms with Crippen LogP contribution in [0.3, 0.4) is 0 Å². The number of hydrogen-bond acceptors (Lipinski definition) is 4. The maximum Gasteiger partial charge on any atom is 0.408 e. The zero-order valence-electron chi connectivity index (χ0n) is 11.3. The summed E-state index contributed by atoms with van der Waals surface area (Å²) in [6.45, 7) is 7.57. The van der Waals surface area contributed by atoms with Crippen molar-refractivity contribution in [1.29, 1.82) is 0 Å². The lowest BCUT2D eigenvalue weighted by molar-refractivity contribution is 0.0497. The molecule has 0 unspecified atom stereocenters. The van der Waals surface area contributed by atoms with E-state index in [1.807, 2.05) is 33.1 Å². The Hall–Kier alpha value is -1.10. The molecule has 1 N–H and O–H groups in total. The summed E-state index contributed by atoms with van der Waals surface area (Å²) in [5.41, 5.74) is 0.545. The number of hydrogen-bond donors (Lipinski definition) is 1. The topological polar surface area (TPSA) is 51.2 Å². The Morgan fingerprint density at radius 3 is 2.67 bits per heavy atom. The second kappa shape index (κ2) is 4.88. The molecule has 0 aliphatic heterocycles. The van der Waals surface area contributed by atoms with Gasteiger partial charge in [-0.25, -0.2) is 9.78 Å². The molecule has 1 aliphatic rings. The predicted octanol–water partition coefficient (Wildman–Crippen LogP) is 3.43. The predicted molar refractivity (Wildman–Crippen MR) is 71.7 cm³/mol. The average molecular weight is 268 g/mol. The van der Waals surface area contributed by atoms with Crippen LogP contribution < -0.4 is 5.32 Å². The van der Waals surface area contributed by atoms with E-state index in [2.05, 4.69) is 10.3 Å². The first-order valence-corrected chi connectivity index (χ1v) is 7.14. The highest BCUT2D eigenvalue weighted by Crippen LogP contribution is 2.41. The number of carbonyl (C=O) groups is 1. The van der Waals surface area contributed by atoms with Gasteiger partial charge < -0.3 is 10.1 Å². The molecule has 2 rings (SSSR count). The van der Waals surface area contributed by atoms with Gasteiger partial charge >= 0.3 is 6.09 Å². The second-order valence-electron chi connectivity index (χ2n) is 5.79. The van der Waals surface area contributed by atoms with E-state index in [4.69, 9.17) is 4.74 Å². The maximum absolute atomic E-state index is 11.8. The third-order valence-corrected chi connectivity index (χ3v) is 3.71. The summed E-state index contributed by atoms with van der Waals surface area (Å²) >= 11 is 1.60. The van der Waals surface area contributed by atoms with Gasteiger partial charge in [-0.3, -0.25) is 0 Å². The third kappa shape index (κ3) is 3.70. The highest BCUT2D eigenvalue weighted by Gasteiger charge is 2.36. The monoisotopic (exact) mass is 268 g/mol. The van der Waals surface area contributed by atoms with Crippen molar-refractivity contribution in [1.82, 2.24) is 10.3 Å². The Bertz CT molecular complexity index is 432. The van der Waals surface area contributed by atoms with Gasteiger partial charge in [-0.1, -0.05) is 0 Å². The zero-order chi connectivity index (χ0) is 13.3. The lowest BCUT2D eigenvalue weighted by Crippen LogP contribution is -2.35. The van der Waals surface area contributed by atoms with E-state index in [1.165, 1.54) is 0 Å². The minimum absolute atomic E-state index is 0.0125. The van der Waals surface area contributed by atoms with Gasteiger partial charge in [0.05, 0.1) is 6.04 Å². The molecular weight excluding hydrogens is 248 g/mol. The lowest BCUT2D eigenvalue weighted by atomic mass is 10.2. The Morgan fingerprint density at radius 2 is 2.22 bits per heavy atom. The Balaban J connectivity index is 2.01.